The smallest absolute Gasteiger partial charge is 0.102 e. The highest BCUT2D eigenvalue weighted by atomic mass is 15.2. The molecule has 1 aliphatic rings. The lowest BCUT2D eigenvalue weighted by molar-refractivity contribution is 0.329. The van der Waals surface area contributed by atoms with Crippen molar-refractivity contribution in [3.05, 3.63) is 23.5 Å². The van der Waals surface area contributed by atoms with Crippen molar-refractivity contribution in [2.75, 3.05) is 20.6 Å². The van der Waals surface area contributed by atoms with Crippen LogP contribution in [0.25, 0.3) is 0 Å². The molecule has 17 heavy (non-hydrogen) atoms. The van der Waals surface area contributed by atoms with Gasteiger partial charge >= 0.3 is 0 Å². The van der Waals surface area contributed by atoms with Gasteiger partial charge in [-0.25, -0.2) is 0 Å². The van der Waals surface area contributed by atoms with Gasteiger partial charge in [-0.1, -0.05) is 19.9 Å². The summed E-state index contributed by atoms with van der Waals surface area (Å²) in [6.45, 7) is 9.90. The zero-order chi connectivity index (χ0) is 13.0. The molecule has 0 amide bonds. The average molecular weight is 237 g/mol. The van der Waals surface area contributed by atoms with E-state index in [0.717, 1.165) is 6.54 Å². The minimum atomic E-state index is 0.405. The van der Waals surface area contributed by atoms with Crippen molar-refractivity contribution in [1.82, 2.24) is 15.5 Å². The van der Waals surface area contributed by atoms with Crippen molar-refractivity contribution < 1.29 is 0 Å². The van der Waals surface area contributed by atoms with Crippen LogP contribution in [0.5, 0.6) is 0 Å². The molecule has 0 aliphatic carbocycles. The second kappa shape index (κ2) is 6.10. The van der Waals surface area contributed by atoms with Gasteiger partial charge < -0.3 is 15.5 Å². The van der Waals surface area contributed by atoms with Gasteiger partial charge in [0.1, 0.15) is 5.82 Å². The van der Waals surface area contributed by atoms with Gasteiger partial charge in [0.05, 0.1) is 0 Å². The van der Waals surface area contributed by atoms with Crippen LogP contribution in [0.15, 0.2) is 23.5 Å². The highest BCUT2D eigenvalue weighted by Gasteiger charge is 2.18. The first-order chi connectivity index (χ1) is 7.95. The number of hydrogen-bond donors (Lipinski definition) is 2. The molecule has 1 aliphatic heterocycles. The van der Waals surface area contributed by atoms with E-state index in [2.05, 4.69) is 62.4 Å². The topological polar surface area (TPSA) is 27.3 Å². The molecular formula is C14H27N3. The van der Waals surface area contributed by atoms with E-state index >= 15 is 0 Å². The third-order valence-electron chi connectivity index (χ3n) is 3.35. The minimum absolute atomic E-state index is 0.405. The van der Waals surface area contributed by atoms with Crippen LogP contribution >= 0.6 is 0 Å². The number of hydrogen-bond acceptors (Lipinski definition) is 3. The molecule has 3 heteroatoms. The van der Waals surface area contributed by atoms with Crippen LogP contribution in [0, 0.1) is 5.92 Å². The molecule has 0 aromatic heterocycles. The number of rotatable bonds is 5. The lowest BCUT2D eigenvalue weighted by atomic mass is 10.0. The largest absolute Gasteiger partial charge is 0.371 e. The molecule has 2 atom stereocenters. The van der Waals surface area contributed by atoms with E-state index in [4.69, 9.17) is 0 Å². The highest BCUT2D eigenvalue weighted by molar-refractivity contribution is 5.32. The van der Waals surface area contributed by atoms with Crippen molar-refractivity contribution in [3.8, 4) is 0 Å². The van der Waals surface area contributed by atoms with E-state index in [1.807, 2.05) is 7.05 Å². The second-order valence-electron chi connectivity index (χ2n) is 5.33. The zero-order valence-electron chi connectivity index (χ0n) is 12.0. The van der Waals surface area contributed by atoms with Crippen molar-refractivity contribution >= 4 is 0 Å². The molecule has 98 valence electrons. The maximum atomic E-state index is 3.53. The quantitative estimate of drug-likeness (QED) is 0.765. The van der Waals surface area contributed by atoms with Crippen molar-refractivity contribution in [2.45, 2.75) is 39.8 Å². The van der Waals surface area contributed by atoms with Crippen LogP contribution in [0.1, 0.15) is 27.7 Å². The van der Waals surface area contributed by atoms with Crippen molar-refractivity contribution in [1.29, 1.82) is 0 Å². The van der Waals surface area contributed by atoms with Crippen molar-refractivity contribution in [2.24, 2.45) is 5.92 Å². The summed E-state index contributed by atoms with van der Waals surface area (Å²) in [5, 5.41) is 6.82. The summed E-state index contributed by atoms with van der Waals surface area (Å²) >= 11 is 0. The Balaban J connectivity index is 2.78. The lowest BCUT2D eigenvalue weighted by Gasteiger charge is -2.34. The molecule has 0 spiro atoms. The standard InChI is InChI=1S/C14H27N3/c1-10(2)9-16-14-8-13(12(4)15-5)7-11(3)17(14)6/h7-8,10-12,15-16H,9H2,1-6H3. The highest BCUT2D eigenvalue weighted by Crippen LogP contribution is 2.19. The van der Waals surface area contributed by atoms with E-state index in [-0.39, 0.29) is 0 Å². The SMILES string of the molecule is CNC(C)C1=CC(C)N(C)C(NCC(C)C)=C1. The summed E-state index contributed by atoms with van der Waals surface area (Å²) in [6, 6.07) is 0.850. The van der Waals surface area contributed by atoms with Crippen LogP contribution in [0.3, 0.4) is 0 Å². The lowest BCUT2D eigenvalue weighted by Crippen LogP contribution is -2.39. The molecular weight excluding hydrogens is 210 g/mol. The number of likely N-dealkylation sites (N-methyl/N-ethyl adjacent to an activating group) is 2. The van der Waals surface area contributed by atoms with E-state index in [0.29, 0.717) is 18.0 Å². The first-order valence-corrected chi connectivity index (χ1v) is 6.53. The molecule has 0 aromatic carbocycles. The van der Waals surface area contributed by atoms with Gasteiger partial charge in [0.25, 0.3) is 0 Å². The Morgan fingerprint density at radius 2 is 2.00 bits per heavy atom. The fourth-order valence-electron chi connectivity index (χ4n) is 1.84. The maximum Gasteiger partial charge on any atom is 0.102 e. The van der Waals surface area contributed by atoms with Gasteiger partial charge in [-0.3, -0.25) is 0 Å². The molecule has 0 saturated heterocycles. The van der Waals surface area contributed by atoms with Crippen molar-refractivity contribution in [3.63, 3.8) is 0 Å². The minimum Gasteiger partial charge on any atom is -0.371 e. The Morgan fingerprint density at radius 1 is 1.35 bits per heavy atom. The fourth-order valence-corrected chi connectivity index (χ4v) is 1.84. The van der Waals surface area contributed by atoms with Crippen LogP contribution in [0.4, 0.5) is 0 Å². The normalized spacial score (nSPS) is 22.3. The Labute approximate surface area is 106 Å². The summed E-state index contributed by atoms with van der Waals surface area (Å²) < 4.78 is 0. The number of nitrogens with zero attached hydrogens (tertiary/aromatic N) is 1. The van der Waals surface area contributed by atoms with Crippen LogP contribution < -0.4 is 10.6 Å². The van der Waals surface area contributed by atoms with E-state index in [1.54, 1.807) is 0 Å². The molecule has 2 N–H and O–H groups in total. The van der Waals surface area contributed by atoms with Crippen LogP contribution in [-0.2, 0) is 0 Å². The monoisotopic (exact) mass is 237 g/mol. The van der Waals surface area contributed by atoms with E-state index < -0.39 is 0 Å². The van der Waals surface area contributed by atoms with Gasteiger partial charge in [0.2, 0.25) is 0 Å². The van der Waals surface area contributed by atoms with Gasteiger partial charge in [-0.05, 0) is 38.5 Å². The van der Waals surface area contributed by atoms with Crippen LogP contribution in [0.2, 0.25) is 0 Å². The summed E-state index contributed by atoms with van der Waals surface area (Å²) in [5.41, 5.74) is 1.37. The molecule has 3 nitrogen and oxygen atoms in total. The Bertz CT molecular complexity index is 305. The maximum absolute atomic E-state index is 3.53. The molecule has 0 saturated carbocycles. The molecule has 0 fully saturated rings. The molecule has 0 aromatic rings. The molecule has 1 heterocycles. The summed E-state index contributed by atoms with van der Waals surface area (Å²) in [7, 11) is 4.14. The Kier molecular flexibility index (Phi) is 5.06. The third kappa shape index (κ3) is 3.77. The molecule has 0 radical (unpaired) electrons. The first kappa shape index (κ1) is 14.1. The first-order valence-electron chi connectivity index (χ1n) is 6.53. The summed E-state index contributed by atoms with van der Waals surface area (Å²) in [4.78, 5) is 2.29. The number of nitrogens with one attached hydrogen (secondary N) is 2. The fraction of sp³-hybridized carbons (Fsp3) is 0.714. The van der Waals surface area contributed by atoms with Gasteiger partial charge in [-0.2, -0.15) is 0 Å². The van der Waals surface area contributed by atoms with Gasteiger partial charge in [0, 0.05) is 25.7 Å². The zero-order valence-corrected chi connectivity index (χ0v) is 12.0. The third-order valence-corrected chi connectivity index (χ3v) is 3.35. The predicted molar refractivity (Wildman–Crippen MR) is 74.8 cm³/mol. The van der Waals surface area contributed by atoms with Gasteiger partial charge in [-0.15, -0.1) is 0 Å². The van der Waals surface area contributed by atoms with E-state index in [9.17, 15) is 0 Å². The summed E-state index contributed by atoms with van der Waals surface area (Å²) in [5.74, 6) is 1.89. The molecule has 2 unspecified atom stereocenters. The Hall–Kier alpha value is -0.960. The van der Waals surface area contributed by atoms with E-state index in [1.165, 1.54) is 11.4 Å². The summed E-state index contributed by atoms with van der Waals surface area (Å²) in [6.07, 6.45) is 4.57. The molecule has 1 rings (SSSR count). The predicted octanol–water partition coefficient (Wildman–Crippen LogP) is 1.94. The van der Waals surface area contributed by atoms with Gasteiger partial charge in [0.15, 0.2) is 0 Å². The van der Waals surface area contributed by atoms with Crippen LogP contribution in [-0.4, -0.2) is 37.6 Å². The molecule has 0 bridgehead atoms. The second-order valence-corrected chi connectivity index (χ2v) is 5.33. The average Bonchev–Trinajstić information content (AvgIpc) is 2.29. The Morgan fingerprint density at radius 3 is 2.53 bits per heavy atom.